The number of carbonyl (C=O) groups is 2. The SMILES string of the molecule is O=C(NCc1nc(C(=O)O)cs1)NC1CCCCCCC1. The van der Waals surface area contributed by atoms with Crippen molar-refractivity contribution in [3.63, 3.8) is 0 Å². The van der Waals surface area contributed by atoms with Crippen molar-refractivity contribution in [2.45, 2.75) is 57.5 Å². The first-order valence-electron chi connectivity index (χ1n) is 7.37. The zero-order valence-corrected chi connectivity index (χ0v) is 12.7. The summed E-state index contributed by atoms with van der Waals surface area (Å²) in [4.78, 5) is 26.5. The molecule has 3 N–H and O–H groups in total. The van der Waals surface area contributed by atoms with Crippen molar-refractivity contribution in [1.82, 2.24) is 15.6 Å². The van der Waals surface area contributed by atoms with E-state index in [2.05, 4.69) is 15.6 Å². The van der Waals surface area contributed by atoms with Crippen LogP contribution in [-0.2, 0) is 6.54 Å². The van der Waals surface area contributed by atoms with Crippen molar-refractivity contribution in [2.24, 2.45) is 0 Å². The number of nitrogens with one attached hydrogen (secondary N) is 2. The van der Waals surface area contributed by atoms with E-state index in [9.17, 15) is 9.59 Å². The molecule has 1 heterocycles. The predicted molar refractivity (Wildman–Crippen MR) is 80.6 cm³/mol. The number of aromatic carboxylic acids is 1. The number of aromatic nitrogens is 1. The van der Waals surface area contributed by atoms with E-state index in [4.69, 9.17) is 5.11 Å². The highest BCUT2D eigenvalue weighted by Crippen LogP contribution is 2.17. The number of amides is 2. The summed E-state index contributed by atoms with van der Waals surface area (Å²) in [6.07, 6.45) is 8.20. The minimum absolute atomic E-state index is 0.0252. The fourth-order valence-electron chi connectivity index (χ4n) is 2.48. The number of hydrogen-bond acceptors (Lipinski definition) is 4. The van der Waals surface area contributed by atoms with Gasteiger partial charge in [-0.2, -0.15) is 0 Å². The molecule has 0 aliphatic heterocycles. The zero-order valence-electron chi connectivity index (χ0n) is 11.9. The third kappa shape index (κ3) is 5.34. The highest BCUT2D eigenvalue weighted by molar-refractivity contribution is 7.09. The Balaban J connectivity index is 1.74. The Hall–Kier alpha value is -1.63. The molecule has 0 unspecified atom stereocenters. The number of carboxylic acids is 1. The Kier molecular flexibility index (Phi) is 5.98. The van der Waals surface area contributed by atoms with Gasteiger partial charge in [-0.3, -0.25) is 0 Å². The van der Waals surface area contributed by atoms with Crippen molar-refractivity contribution in [1.29, 1.82) is 0 Å². The quantitative estimate of drug-likeness (QED) is 0.797. The maximum Gasteiger partial charge on any atom is 0.355 e. The van der Waals surface area contributed by atoms with Gasteiger partial charge < -0.3 is 15.7 Å². The average molecular weight is 311 g/mol. The summed E-state index contributed by atoms with van der Waals surface area (Å²) in [6, 6.07) is 0.0452. The largest absolute Gasteiger partial charge is 0.476 e. The molecule has 0 radical (unpaired) electrons. The zero-order chi connectivity index (χ0) is 15.1. The molecule has 7 heteroatoms. The van der Waals surface area contributed by atoms with E-state index in [-0.39, 0.29) is 24.3 Å². The first-order valence-corrected chi connectivity index (χ1v) is 8.25. The first-order chi connectivity index (χ1) is 10.1. The van der Waals surface area contributed by atoms with E-state index < -0.39 is 5.97 Å². The lowest BCUT2D eigenvalue weighted by atomic mass is 9.97. The van der Waals surface area contributed by atoms with Gasteiger partial charge in [-0.05, 0) is 12.8 Å². The number of carbonyl (C=O) groups excluding carboxylic acids is 1. The Morgan fingerprint density at radius 3 is 2.52 bits per heavy atom. The second-order valence-corrected chi connectivity index (χ2v) is 6.24. The van der Waals surface area contributed by atoms with E-state index in [1.165, 1.54) is 48.8 Å². The van der Waals surface area contributed by atoms with E-state index >= 15 is 0 Å². The second kappa shape index (κ2) is 7.97. The fraction of sp³-hybridized carbons (Fsp3) is 0.643. The number of rotatable bonds is 4. The smallest absolute Gasteiger partial charge is 0.355 e. The van der Waals surface area contributed by atoms with Crippen LogP contribution < -0.4 is 10.6 Å². The lowest BCUT2D eigenvalue weighted by Gasteiger charge is -2.21. The number of nitrogens with zero attached hydrogens (tertiary/aromatic N) is 1. The summed E-state index contributed by atoms with van der Waals surface area (Å²) >= 11 is 1.24. The maximum atomic E-state index is 11.9. The summed E-state index contributed by atoms with van der Waals surface area (Å²) in [7, 11) is 0. The second-order valence-electron chi connectivity index (χ2n) is 5.30. The molecule has 21 heavy (non-hydrogen) atoms. The molecule has 2 rings (SSSR count). The molecule has 116 valence electrons. The molecule has 0 atom stereocenters. The molecule has 0 spiro atoms. The fourth-order valence-corrected chi connectivity index (χ4v) is 3.19. The molecule has 2 amide bonds. The monoisotopic (exact) mass is 311 g/mol. The molecule has 1 aliphatic rings. The van der Waals surface area contributed by atoms with Crippen LogP contribution in [0.4, 0.5) is 4.79 Å². The number of carboxylic acid groups (broad SMARTS) is 1. The summed E-state index contributed by atoms with van der Waals surface area (Å²) < 4.78 is 0. The Bertz CT molecular complexity index is 482. The molecular weight excluding hydrogens is 290 g/mol. The van der Waals surface area contributed by atoms with Gasteiger partial charge in [0.2, 0.25) is 0 Å². The number of thiazole rings is 1. The van der Waals surface area contributed by atoms with Gasteiger partial charge in [0.1, 0.15) is 5.01 Å². The molecule has 1 aromatic rings. The highest BCUT2D eigenvalue weighted by Gasteiger charge is 2.14. The lowest BCUT2D eigenvalue weighted by Crippen LogP contribution is -2.42. The van der Waals surface area contributed by atoms with Gasteiger partial charge in [-0.15, -0.1) is 11.3 Å². The van der Waals surface area contributed by atoms with Crippen LogP contribution in [0.25, 0.3) is 0 Å². The van der Waals surface area contributed by atoms with Gasteiger partial charge in [-0.25, -0.2) is 14.6 Å². The van der Waals surface area contributed by atoms with Crippen LogP contribution in [-0.4, -0.2) is 28.1 Å². The number of urea groups is 1. The standard InChI is InChI=1S/C14H21N3O3S/c18-13(19)11-9-21-12(17-11)8-15-14(20)16-10-6-4-2-1-3-5-7-10/h9-10H,1-8H2,(H,18,19)(H2,15,16,20). The molecule has 0 saturated heterocycles. The molecular formula is C14H21N3O3S. The Morgan fingerprint density at radius 1 is 1.24 bits per heavy atom. The van der Waals surface area contributed by atoms with Crippen molar-refractivity contribution in [2.75, 3.05) is 0 Å². The van der Waals surface area contributed by atoms with Crippen LogP contribution in [0.2, 0.25) is 0 Å². The number of hydrogen-bond donors (Lipinski definition) is 3. The Morgan fingerprint density at radius 2 is 1.90 bits per heavy atom. The van der Waals surface area contributed by atoms with Gasteiger partial charge in [-0.1, -0.05) is 32.1 Å². The van der Waals surface area contributed by atoms with E-state index in [1.807, 2.05) is 0 Å². The van der Waals surface area contributed by atoms with E-state index in [1.54, 1.807) is 0 Å². The summed E-state index contributed by atoms with van der Waals surface area (Å²) in [5, 5.41) is 16.6. The highest BCUT2D eigenvalue weighted by atomic mass is 32.1. The average Bonchev–Trinajstić information content (AvgIpc) is 2.88. The predicted octanol–water partition coefficient (Wildman–Crippen LogP) is 2.75. The van der Waals surface area contributed by atoms with Crippen LogP contribution in [0.1, 0.15) is 60.4 Å². The molecule has 1 aliphatic carbocycles. The van der Waals surface area contributed by atoms with Crippen LogP contribution in [0.3, 0.4) is 0 Å². The maximum absolute atomic E-state index is 11.9. The third-order valence-corrected chi connectivity index (χ3v) is 4.46. The Labute approximate surface area is 128 Å². The molecule has 1 saturated carbocycles. The van der Waals surface area contributed by atoms with Crippen LogP contribution in [0, 0.1) is 0 Å². The van der Waals surface area contributed by atoms with E-state index in [0.29, 0.717) is 5.01 Å². The molecule has 6 nitrogen and oxygen atoms in total. The molecule has 1 fully saturated rings. The normalized spacial score (nSPS) is 16.8. The molecule has 0 bridgehead atoms. The van der Waals surface area contributed by atoms with Crippen molar-refractivity contribution in [3.05, 3.63) is 16.1 Å². The third-order valence-electron chi connectivity index (χ3n) is 3.61. The van der Waals surface area contributed by atoms with Gasteiger partial charge in [0, 0.05) is 11.4 Å². The van der Waals surface area contributed by atoms with Crippen molar-refractivity contribution >= 4 is 23.3 Å². The van der Waals surface area contributed by atoms with Crippen LogP contribution in [0.15, 0.2) is 5.38 Å². The summed E-state index contributed by atoms with van der Waals surface area (Å²) in [6.45, 7) is 0.260. The summed E-state index contributed by atoms with van der Waals surface area (Å²) in [5.41, 5.74) is 0.0252. The van der Waals surface area contributed by atoms with Gasteiger partial charge in [0.05, 0.1) is 6.54 Å². The van der Waals surface area contributed by atoms with Gasteiger partial charge >= 0.3 is 12.0 Å². The summed E-state index contributed by atoms with van der Waals surface area (Å²) in [5.74, 6) is -1.04. The molecule has 1 aromatic heterocycles. The van der Waals surface area contributed by atoms with Crippen LogP contribution in [0.5, 0.6) is 0 Å². The lowest BCUT2D eigenvalue weighted by molar-refractivity contribution is 0.0691. The first kappa shape index (κ1) is 15.8. The topological polar surface area (TPSA) is 91.3 Å². The van der Waals surface area contributed by atoms with E-state index in [0.717, 1.165) is 12.8 Å². The minimum atomic E-state index is -1.04. The van der Waals surface area contributed by atoms with Crippen molar-refractivity contribution < 1.29 is 14.7 Å². The van der Waals surface area contributed by atoms with Gasteiger partial charge in [0.15, 0.2) is 5.69 Å². The van der Waals surface area contributed by atoms with Crippen LogP contribution >= 0.6 is 11.3 Å². The van der Waals surface area contributed by atoms with Crippen molar-refractivity contribution in [3.8, 4) is 0 Å². The van der Waals surface area contributed by atoms with Gasteiger partial charge in [0.25, 0.3) is 0 Å². The minimum Gasteiger partial charge on any atom is -0.476 e. The molecule has 0 aromatic carbocycles.